The molecule has 0 aliphatic carbocycles. The molecule has 1 amide bonds. The molecule has 0 spiro atoms. The van der Waals surface area contributed by atoms with Crippen molar-refractivity contribution in [3.8, 4) is 0 Å². The number of aryl methyl sites for hydroxylation is 1. The van der Waals surface area contributed by atoms with Crippen LogP contribution >= 0.6 is 0 Å². The van der Waals surface area contributed by atoms with Crippen LogP contribution in [0, 0.1) is 12.7 Å². The fourth-order valence-electron chi connectivity index (χ4n) is 1.47. The highest BCUT2D eigenvalue weighted by Crippen LogP contribution is 2.14. The summed E-state index contributed by atoms with van der Waals surface area (Å²) in [6.45, 7) is 5.80. The smallest absolute Gasteiger partial charge is 0.256 e. The van der Waals surface area contributed by atoms with Gasteiger partial charge in [-0.05, 0) is 32.4 Å². The summed E-state index contributed by atoms with van der Waals surface area (Å²) in [5, 5.41) is 0. The lowest BCUT2D eigenvalue weighted by atomic mass is 10.1. The Kier molecular flexibility index (Phi) is 4.05. The number of nitrogens with zero attached hydrogens (tertiary/aromatic N) is 1. The number of amides is 1. The molecule has 0 radical (unpaired) electrons. The number of hydrogen-bond acceptors (Lipinski definition) is 1. The van der Waals surface area contributed by atoms with Crippen LogP contribution in [0.15, 0.2) is 18.2 Å². The van der Waals surface area contributed by atoms with Crippen LogP contribution in [-0.4, -0.2) is 23.9 Å². The number of halogens is 1. The van der Waals surface area contributed by atoms with E-state index >= 15 is 0 Å². The maximum Gasteiger partial charge on any atom is 0.256 e. The standard InChI is InChI=1S/C13H18FNO/c1-5-10(3)15(4)13(16)11-8-9(2)6-7-12(11)14/h6-8,10H,5H2,1-4H3. The zero-order valence-corrected chi connectivity index (χ0v) is 10.2. The SMILES string of the molecule is CCC(C)N(C)C(=O)c1cc(C)ccc1F. The van der Waals surface area contributed by atoms with E-state index in [0.29, 0.717) is 0 Å². The van der Waals surface area contributed by atoms with Gasteiger partial charge in [-0.3, -0.25) is 4.79 Å². The number of benzene rings is 1. The first kappa shape index (κ1) is 12.7. The highest BCUT2D eigenvalue weighted by atomic mass is 19.1. The molecule has 1 aromatic carbocycles. The first-order chi connectivity index (χ1) is 7.47. The second-order valence-electron chi connectivity index (χ2n) is 4.16. The molecule has 0 heterocycles. The average Bonchev–Trinajstić information content (AvgIpc) is 2.29. The third kappa shape index (κ3) is 2.60. The first-order valence-corrected chi connectivity index (χ1v) is 5.50. The maximum absolute atomic E-state index is 13.5. The van der Waals surface area contributed by atoms with E-state index < -0.39 is 5.82 Å². The van der Waals surface area contributed by atoms with Gasteiger partial charge in [-0.1, -0.05) is 18.6 Å². The van der Waals surface area contributed by atoms with Crippen LogP contribution in [0.2, 0.25) is 0 Å². The van der Waals surface area contributed by atoms with Crippen LogP contribution in [0.1, 0.15) is 36.2 Å². The third-order valence-electron chi connectivity index (χ3n) is 2.92. The van der Waals surface area contributed by atoms with Crippen molar-refractivity contribution in [2.75, 3.05) is 7.05 Å². The monoisotopic (exact) mass is 223 g/mol. The minimum atomic E-state index is -0.453. The molecular formula is C13H18FNO. The Balaban J connectivity index is 3.00. The van der Waals surface area contributed by atoms with Gasteiger partial charge in [-0.15, -0.1) is 0 Å². The van der Waals surface area contributed by atoms with E-state index in [9.17, 15) is 9.18 Å². The summed E-state index contributed by atoms with van der Waals surface area (Å²) in [5.41, 5.74) is 1.05. The normalized spacial score (nSPS) is 12.3. The summed E-state index contributed by atoms with van der Waals surface area (Å²) in [6, 6.07) is 4.71. The average molecular weight is 223 g/mol. The molecule has 1 rings (SSSR count). The summed E-state index contributed by atoms with van der Waals surface area (Å²) in [5.74, 6) is -0.707. The maximum atomic E-state index is 13.5. The molecule has 1 atom stereocenters. The molecule has 1 unspecified atom stereocenters. The van der Waals surface area contributed by atoms with Crippen molar-refractivity contribution >= 4 is 5.91 Å². The number of carbonyl (C=O) groups excluding carboxylic acids is 1. The van der Waals surface area contributed by atoms with Crippen molar-refractivity contribution in [3.63, 3.8) is 0 Å². The highest BCUT2D eigenvalue weighted by molar-refractivity contribution is 5.94. The summed E-state index contributed by atoms with van der Waals surface area (Å²) in [6.07, 6.45) is 0.857. The molecule has 16 heavy (non-hydrogen) atoms. The first-order valence-electron chi connectivity index (χ1n) is 5.50. The van der Waals surface area contributed by atoms with Crippen molar-refractivity contribution in [1.29, 1.82) is 0 Å². The Hall–Kier alpha value is -1.38. The minimum Gasteiger partial charge on any atom is -0.339 e. The molecular weight excluding hydrogens is 205 g/mol. The van der Waals surface area contributed by atoms with E-state index in [1.54, 1.807) is 24.1 Å². The van der Waals surface area contributed by atoms with Crippen LogP contribution in [-0.2, 0) is 0 Å². The van der Waals surface area contributed by atoms with Gasteiger partial charge in [0.1, 0.15) is 5.82 Å². The van der Waals surface area contributed by atoms with Gasteiger partial charge in [0.2, 0.25) is 0 Å². The predicted molar refractivity (Wildman–Crippen MR) is 63.0 cm³/mol. The largest absolute Gasteiger partial charge is 0.339 e. The predicted octanol–water partition coefficient (Wildman–Crippen LogP) is 3.00. The van der Waals surface area contributed by atoms with Gasteiger partial charge in [0, 0.05) is 13.1 Å². The molecule has 88 valence electrons. The van der Waals surface area contributed by atoms with Crippen molar-refractivity contribution < 1.29 is 9.18 Å². The Morgan fingerprint density at radius 1 is 1.50 bits per heavy atom. The lowest BCUT2D eigenvalue weighted by Gasteiger charge is -2.24. The molecule has 0 N–H and O–H groups in total. The van der Waals surface area contributed by atoms with Gasteiger partial charge in [-0.25, -0.2) is 4.39 Å². The zero-order chi connectivity index (χ0) is 12.3. The fraction of sp³-hybridized carbons (Fsp3) is 0.462. The minimum absolute atomic E-state index is 0.118. The number of carbonyl (C=O) groups is 1. The second-order valence-corrected chi connectivity index (χ2v) is 4.16. The quantitative estimate of drug-likeness (QED) is 0.771. The van der Waals surface area contributed by atoms with Gasteiger partial charge in [0.15, 0.2) is 0 Å². The van der Waals surface area contributed by atoms with Gasteiger partial charge < -0.3 is 4.90 Å². The molecule has 0 fully saturated rings. The molecule has 0 aromatic heterocycles. The van der Waals surface area contributed by atoms with Crippen LogP contribution in [0.3, 0.4) is 0 Å². The summed E-state index contributed by atoms with van der Waals surface area (Å²) >= 11 is 0. The number of hydrogen-bond donors (Lipinski definition) is 0. The van der Waals surface area contributed by atoms with Gasteiger partial charge >= 0.3 is 0 Å². The van der Waals surface area contributed by atoms with Crippen molar-refractivity contribution in [2.24, 2.45) is 0 Å². The molecule has 0 saturated heterocycles. The van der Waals surface area contributed by atoms with E-state index in [-0.39, 0.29) is 17.5 Å². The van der Waals surface area contributed by atoms with Gasteiger partial charge in [0.05, 0.1) is 5.56 Å². The summed E-state index contributed by atoms with van der Waals surface area (Å²) in [7, 11) is 1.71. The Labute approximate surface area is 96.1 Å². The van der Waals surface area contributed by atoms with Crippen molar-refractivity contribution in [3.05, 3.63) is 35.1 Å². The van der Waals surface area contributed by atoms with E-state index in [0.717, 1.165) is 12.0 Å². The molecule has 3 heteroatoms. The van der Waals surface area contributed by atoms with Crippen molar-refractivity contribution in [1.82, 2.24) is 4.90 Å². The Morgan fingerprint density at radius 2 is 2.12 bits per heavy atom. The Morgan fingerprint density at radius 3 is 2.69 bits per heavy atom. The van der Waals surface area contributed by atoms with Crippen LogP contribution in [0.25, 0.3) is 0 Å². The molecule has 0 saturated carbocycles. The Bertz CT molecular complexity index is 390. The molecule has 2 nitrogen and oxygen atoms in total. The van der Waals surface area contributed by atoms with Crippen LogP contribution < -0.4 is 0 Å². The second kappa shape index (κ2) is 5.10. The fourth-order valence-corrected chi connectivity index (χ4v) is 1.47. The van der Waals surface area contributed by atoms with Gasteiger partial charge in [-0.2, -0.15) is 0 Å². The van der Waals surface area contributed by atoms with Crippen LogP contribution in [0.5, 0.6) is 0 Å². The van der Waals surface area contributed by atoms with Gasteiger partial charge in [0.25, 0.3) is 5.91 Å². The molecule has 0 aliphatic heterocycles. The lowest BCUT2D eigenvalue weighted by molar-refractivity contribution is 0.0735. The van der Waals surface area contributed by atoms with E-state index in [4.69, 9.17) is 0 Å². The summed E-state index contributed by atoms with van der Waals surface area (Å²) in [4.78, 5) is 13.6. The molecule has 0 bridgehead atoms. The van der Waals surface area contributed by atoms with E-state index in [1.807, 2.05) is 20.8 Å². The molecule has 0 aliphatic rings. The lowest BCUT2D eigenvalue weighted by Crippen LogP contribution is -2.35. The zero-order valence-electron chi connectivity index (χ0n) is 10.2. The van der Waals surface area contributed by atoms with Crippen molar-refractivity contribution in [2.45, 2.75) is 33.2 Å². The van der Waals surface area contributed by atoms with E-state index in [1.165, 1.54) is 6.07 Å². The number of rotatable bonds is 3. The third-order valence-corrected chi connectivity index (χ3v) is 2.92. The highest BCUT2D eigenvalue weighted by Gasteiger charge is 2.19. The van der Waals surface area contributed by atoms with E-state index in [2.05, 4.69) is 0 Å². The molecule has 1 aromatic rings. The topological polar surface area (TPSA) is 20.3 Å². The van der Waals surface area contributed by atoms with Crippen LogP contribution in [0.4, 0.5) is 4.39 Å². The summed E-state index contributed by atoms with van der Waals surface area (Å²) < 4.78 is 13.5.